The van der Waals surface area contributed by atoms with E-state index in [2.05, 4.69) is 10.5 Å². The summed E-state index contributed by atoms with van der Waals surface area (Å²) in [4.78, 5) is 21.8. The number of hydrogen-bond acceptors (Lipinski definition) is 6. The fourth-order valence-electron chi connectivity index (χ4n) is 1.68. The number of nitro benzene ring substituents is 1. The highest BCUT2D eigenvalue weighted by Crippen LogP contribution is 2.25. The Balaban J connectivity index is 2.08. The van der Waals surface area contributed by atoms with Gasteiger partial charge in [0.05, 0.1) is 11.1 Å². The Bertz CT molecular complexity index is 758. The Morgan fingerprint density at radius 2 is 2.09 bits per heavy atom. The fraction of sp³-hybridized carbons (Fsp3) is 0. The molecule has 22 heavy (non-hydrogen) atoms. The minimum atomic E-state index is -0.710. The first-order valence-corrected chi connectivity index (χ1v) is 6.14. The lowest BCUT2D eigenvalue weighted by atomic mass is 10.2. The van der Waals surface area contributed by atoms with Crippen molar-refractivity contribution in [3.05, 3.63) is 63.7 Å². The summed E-state index contributed by atoms with van der Waals surface area (Å²) in [6.07, 6.45) is 1.23. The normalized spacial score (nSPS) is 10.5. The smallest absolute Gasteiger partial charge is 0.311 e. The van der Waals surface area contributed by atoms with Crippen LogP contribution in [0.1, 0.15) is 15.9 Å². The molecule has 0 atom stereocenters. The molecule has 0 aliphatic carbocycles. The van der Waals surface area contributed by atoms with Crippen LogP contribution < -0.4 is 11.2 Å². The number of benzene rings is 2. The number of phenolic OH excluding ortho intramolecular Hbond substituents is 1. The third-order valence-electron chi connectivity index (χ3n) is 2.72. The van der Waals surface area contributed by atoms with Gasteiger partial charge in [-0.1, -0.05) is 6.07 Å². The number of phenols is 1. The maximum absolute atomic E-state index is 11.8. The molecular formula is C14H12N4O4. The van der Waals surface area contributed by atoms with E-state index in [1.807, 2.05) is 0 Å². The second kappa shape index (κ2) is 6.35. The highest BCUT2D eigenvalue weighted by atomic mass is 16.6. The number of hydrazone groups is 1. The number of nitrogens with two attached hydrogens (primary N) is 1. The number of hydrogen-bond donors (Lipinski definition) is 3. The molecule has 112 valence electrons. The van der Waals surface area contributed by atoms with Crippen molar-refractivity contribution in [1.29, 1.82) is 0 Å². The highest BCUT2D eigenvalue weighted by Gasteiger charge is 2.12. The van der Waals surface area contributed by atoms with Crippen LogP contribution in [0.2, 0.25) is 0 Å². The Morgan fingerprint density at radius 3 is 2.77 bits per heavy atom. The van der Waals surface area contributed by atoms with E-state index in [0.29, 0.717) is 16.8 Å². The number of nitrogens with zero attached hydrogens (tertiary/aromatic N) is 2. The standard InChI is InChI=1S/C14H12N4O4/c15-11-3-1-2-10(7-11)14(20)17-16-8-9-4-5-13(19)12(6-9)18(21)22/h1-8,19H,15H2,(H,17,20)/b16-8-. The predicted molar refractivity (Wildman–Crippen MR) is 80.7 cm³/mol. The number of amides is 1. The van der Waals surface area contributed by atoms with E-state index in [1.54, 1.807) is 18.2 Å². The van der Waals surface area contributed by atoms with Crippen LogP contribution in [-0.4, -0.2) is 22.2 Å². The summed E-state index contributed by atoms with van der Waals surface area (Å²) in [5.74, 6) is -0.900. The molecule has 0 saturated carbocycles. The monoisotopic (exact) mass is 300 g/mol. The van der Waals surface area contributed by atoms with Crippen LogP contribution in [0.3, 0.4) is 0 Å². The lowest BCUT2D eigenvalue weighted by Gasteiger charge is -2.01. The predicted octanol–water partition coefficient (Wildman–Crippen LogP) is 1.65. The largest absolute Gasteiger partial charge is 0.502 e. The highest BCUT2D eigenvalue weighted by molar-refractivity contribution is 5.95. The average molecular weight is 300 g/mol. The van der Waals surface area contributed by atoms with E-state index in [-0.39, 0.29) is 0 Å². The van der Waals surface area contributed by atoms with Crippen LogP contribution in [-0.2, 0) is 0 Å². The second-order valence-electron chi connectivity index (χ2n) is 4.33. The summed E-state index contributed by atoms with van der Waals surface area (Å²) < 4.78 is 0. The summed E-state index contributed by atoms with van der Waals surface area (Å²) in [7, 11) is 0. The summed E-state index contributed by atoms with van der Waals surface area (Å²) >= 11 is 0. The van der Waals surface area contributed by atoms with Gasteiger partial charge in [0, 0.05) is 22.9 Å². The molecule has 0 aliphatic heterocycles. The van der Waals surface area contributed by atoms with Crippen molar-refractivity contribution in [3.63, 3.8) is 0 Å². The van der Waals surface area contributed by atoms with Gasteiger partial charge in [-0.25, -0.2) is 5.43 Å². The van der Waals surface area contributed by atoms with Crippen LogP contribution in [0, 0.1) is 10.1 Å². The fourth-order valence-corrected chi connectivity index (χ4v) is 1.68. The Labute approximate surface area is 125 Å². The van der Waals surface area contributed by atoms with Crippen molar-refractivity contribution in [2.24, 2.45) is 5.10 Å². The first kappa shape index (κ1) is 15.0. The van der Waals surface area contributed by atoms with E-state index >= 15 is 0 Å². The molecule has 0 saturated heterocycles. The van der Waals surface area contributed by atoms with Crippen LogP contribution in [0.4, 0.5) is 11.4 Å². The minimum Gasteiger partial charge on any atom is -0.502 e. The third kappa shape index (κ3) is 3.57. The number of carbonyl (C=O) groups is 1. The van der Waals surface area contributed by atoms with Crippen LogP contribution in [0.5, 0.6) is 5.75 Å². The molecule has 0 radical (unpaired) electrons. The second-order valence-corrected chi connectivity index (χ2v) is 4.33. The molecule has 2 aromatic carbocycles. The van der Waals surface area contributed by atoms with Gasteiger partial charge in [0.1, 0.15) is 0 Å². The molecule has 4 N–H and O–H groups in total. The van der Waals surface area contributed by atoms with Gasteiger partial charge in [0.15, 0.2) is 5.75 Å². The number of rotatable bonds is 4. The molecule has 1 amide bonds. The topological polar surface area (TPSA) is 131 Å². The number of nitrogens with one attached hydrogen (secondary N) is 1. The van der Waals surface area contributed by atoms with E-state index < -0.39 is 22.3 Å². The minimum absolute atomic E-state index is 0.342. The van der Waals surface area contributed by atoms with Crippen molar-refractivity contribution in [2.45, 2.75) is 0 Å². The Morgan fingerprint density at radius 1 is 1.32 bits per heavy atom. The van der Waals surface area contributed by atoms with E-state index in [0.717, 1.165) is 6.07 Å². The number of carbonyl (C=O) groups excluding carboxylic acids is 1. The number of aromatic hydroxyl groups is 1. The molecule has 0 unspecified atom stereocenters. The number of anilines is 1. The van der Waals surface area contributed by atoms with Gasteiger partial charge < -0.3 is 10.8 Å². The van der Waals surface area contributed by atoms with Crippen LogP contribution >= 0.6 is 0 Å². The maximum Gasteiger partial charge on any atom is 0.311 e. The van der Waals surface area contributed by atoms with Crippen molar-refractivity contribution >= 4 is 23.5 Å². The van der Waals surface area contributed by atoms with Crippen molar-refractivity contribution < 1.29 is 14.8 Å². The van der Waals surface area contributed by atoms with Crippen LogP contribution in [0.15, 0.2) is 47.6 Å². The molecule has 0 heterocycles. The molecule has 8 nitrogen and oxygen atoms in total. The first-order valence-electron chi connectivity index (χ1n) is 6.14. The molecule has 2 rings (SSSR count). The molecule has 8 heteroatoms. The van der Waals surface area contributed by atoms with Gasteiger partial charge >= 0.3 is 5.69 Å². The Hall–Kier alpha value is -3.42. The molecule has 0 aliphatic rings. The zero-order chi connectivity index (χ0) is 16.1. The number of nitro groups is 1. The zero-order valence-electron chi connectivity index (χ0n) is 11.3. The number of nitrogen functional groups attached to an aromatic ring is 1. The summed E-state index contributed by atoms with van der Waals surface area (Å²) in [5, 5.41) is 23.7. The quantitative estimate of drug-likeness (QED) is 0.342. The van der Waals surface area contributed by atoms with E-state index in [9.17, 15) is 20.0 Å². The third-order valence-corrected chi connectivity index (χ3v) is 2.72. The van der Waals surface area contributed by atoms with Crippen molar-refractivity contribution in [1.82, 2.24) is 5.43 Å². The summed E-state index contributed by atoms with van der Waals surface area (Å²) in [6.45, 7) is 0. The van der Waals surface area contributed by atoms with Gasteiger partial charge in [-0.15, -0.1) is 0 Å². The summed E-state index contributed by atoms with van der Waals surface area (Å²) in [5.41, 5.74) is 8.56. The summed E-state index contributed by atoms with van der Waals surface area (Å²) in [6, 6.07) is 10.1. The Kier molecular flexibility index (Phi) is 4.33. The van der Waals surface area contributed by atoms with Gasteiger partial charge in [0.25, 0.3) is 5.91 Å². The van der Waals surface area contributed by atoms with Gasteiger partial charge in [-0.2, -0.15) is 5.10 Å². The molecule has 2 aromatic rings. The van der Waals surface area contributed by atoms with Gasteiger partial charge in [-0.3, -0.25) is 14.9 Å². The molecule has 0 spiro atoms. The molecular weight excluding hydrogens is 288 g/mol. The van der Waals surface area contributed by atoms with Crippen molar-refractivity contribution in [3.8, 4) is 5.75 Å². The lowest BCUT2D eigenvalue weighted by molar-refractivity contribution is -0.385. The lowest BCUT2D eigenvalue weighted by Crippen LogP contribution is -2.17. The van der Waals surface area contributed by atoms with Crippen molar-refractivity contribution in [2.75, 3.05) is 5.73 Å². The molecule has 0 bridgehead atoms. The molecule has 0 fully saturated rings. The van der Waals surface area contributed by atoms with E-state index in [1.165, 1.54) is 24.4 Å². The molecule has 0 aromatic heterocycles. The maximum atomic E-state index is 11.8. The SMILES string of the molecule is Nc1cccc(C(=O)N/N=C\c2ccc(O)c([N+](=O)[O-])c2)c1. The zero-order valence-corrected chi connectivity index (χ0v) is 11.3. The van der Waals surface area contributed by atoms with Gasteiger partial charge in [0.2, 0.25) is 0 Å². The first-order chi connectivity index (χ1) is 10.5. The average Bonchev–Trinajstić information content (AvgIpc) is 2.48. The van der Waals surface area contributed by atoms with E-state index in [4.69, 9.17) is 5.73 Å². The van der Waals surface area contributed by atoms with Crippen LogP contribution in [0.25, 0.3) is 0 Å². The van der Waals surface area contributed by atoms with Gasteiger partial charge in [-0.05, 0) is 30.3 Å².